The van der Waals surface area contributed by atoms with Gasteiger partial charge in [-0.15, -0.1) is 0 Å². The molecule has 2 rings (SSSR count). The second-order valence-electron chi connectivity index (χ2n) is 10.6. The van der Waals surface area contributed by atoms with E-state index in [2.05, 4.69) is 0 Å². The van der Waals surface area contributed by atoms with Crippen LogP contribution in [-0.4, -0.2) is 33.2 Å². The Morgan fingerprint density at radius 3 is 1.15 bits per heavy atom. The zero-order valence-electron chi connectivity index (χ0n) is 20.0. The van der Waals surface area contributed by atoms with Crippen LogP contribution < -0.4 is 0 Å². The van der Waals surface area contributed by atoms with Gasteiger partial charge in [0.1, 0.15) is 0 Å². The summed E-state index contributed by atoms with van der Waals surface area (Å²) >= 11 is 0. The SMILES string of the molecule is CC(C)(Cc1cccc(CC(C)(Cc2cccc(CC(C)(C)C(=O)O)c2)C(=O)O)c1)C(=O)O. The molecule has 0 saturated heterocycles. The molecule has 2 aromatic carbocycles. The van der Waals surface area contributed by atoms with Crippen molar-refractivity contribution in [1.29, 1.82) is 0 Å². The number of aliphatic carboxylic acids is 3. The van der Waals surface area contributed by atoms with Gasteiger partial charge < -0.3 is 15.3 Å². The summed E-state index contributed by atoms with van der Waals surface area (Å²) in [5, 5.41) is 28.9. The minimum absolute atomic E-state index is 0.286. The average molecular weight is 455 g/mol. The zero-order valence-corrected chi connectivity index (χ0v) is 20.0. The number of carbonyl (C=O) groups is 3. The quantitative estimate of drug-likeness (QED) is 0.447. The van der Waals surface area contributed by atoms with Crippen molar-refractivity contribution >= 4 is 17.9 Å². The molecule has 0 fully saturated rings. The summed E-state index contributed by atoms with van der Waals surface area (Å²) in [7, 11) is 0. The van der Waals surface area contributed by atoms with Gasteiger partial charge in [-0.05, 0) is 82.6 Å². The molecule has 3 N–H and O–H groups in total. The number of carboxylic acid groups (broad SMARTS) is 3. The van der Waals surface area contributed by atoms with Gasteiger partial charge in [0, 0.05) is 0 Å². The fourth-order valence-corrected chi connectivity index (χ4v) is 3.99. The first kappa shape index (κ1) is 26.1. The fourth-order valence-electron chi connectivity index (χ4n) is 3.99. The van der Waals surface area contributed by atoms with Crippen molar-refractivity contribution in [3.05, 3.63) is 70.8 Å². The summed E-state index contributed by atoms with van der Waals surface area (Å²) in [6, 6.07) is 14.9. The molecule has 0 saturated carbocycles. The highest BCUT2D eigenvalue weighted by molar-refractivity contribution is 5.76. The van der Waals surface area contributed by atoms with Crippen LogP contribution in [0.3, 0.4) is 0 Å². The molecule has 33 heavy (non-hydrogen) atoms. The van der Waals surface area contributed by atoms with Gasteiger partial charge in [-0.25, -0.2) is 0 Å². The van der Waals surface area contributed by atoms with Crippen molar-refractivity contribution in [3.63, 3.8) is 0 Å². The van der Waals surface area contributed by atoms with Crippen molar-refractivity contribution in [2.45, 2.75) is 60.3 Å². The van der Waals surface area contributed by atoms with Gasteiger partial charge in [0.2, 0.25) is 0 Å². The summed E-state index contributed by atoms with van der Waals surface area (Å²) < 4.78 is 0. The van der Waals surface area contributed by atoms with Crippen LogP contribution in [-0.2, 0) is 40.1 Å². The van der Waals surface area contributed by atoms with Crippen molar-refractivity contribution in [2.24, 2.45) is 16.2 Å². The smallest absolute Gasteiger partial charge is 0.310 e. The maximum Gasteiger partial charge on any atom is 0.310 e. The molecule has 0 aromatic heterocycles. The maximum absolute atomic E-state index is 12.3. The van der Waals surface area contributed by atoms with Crippen LogP contribution in [0.25, 0.3) is 0 Å². The Kier molecular flexibility index (Phi) is 7.73. The lowest BCUT2D eigenvalue weighted by Crippen LogP contribution is -2.32. The lowest BCUT2D eigenvalue weighted by molar-refractivity contribution is -0.148. The highest BCUT2D eigenvalue weighted by Gasteiger charge is 2.34. The molecule has 0 amide bonds. The molecule has 0 aliphatic heterocycles. The van der Waals surface area contributed by atoms with E-state index in [9.17, 15) is 29.7 Å². The highest BCUT2D eigenvalue weighted by Crippen LogP contribution is 2.31. The second kappa shape index (κ2) is 9.77. The number of rotatable bonds is 11. The molecule has 0 unspecified atom stereocenters. The van der Waals surface area contributed by atoms with Crippen LogP contribution in [0.1, 0.15) is 56.9 Å². The predicted octanol–water partition coefficient (Wildman–Crippen LogP) is 4.87. The second-order valence-corrected chi connectivity index (χ2v) is 10.6. The monoisotopic (exact) mass is 454 g/mol. The Morgan fingerprint density at radius 2 is 0.879 bits per heavy atom. The van der Waals surface area contributed by atoms with Crippen LogP contribution in [0.15, 0.2) is 48.5 Å². The lowest BCUT2D eigenvalue weighted by atomic mass is 9.77. The van der Waals surface area contributed by atoms with E-state index in [-0.39, 0.29) is 12.8 Å². The molecule has 0 aliphatic carbocycles. The summed E-state index contributed by atoms with van der Waals surface area (Å²) in [5.41, 5.74) is 0.458. The van der Waals surface area contributed by atoms with Crippen LogP contribution >= 0.6 is 0 Å². The topological polar surface area (TPSA) is 112 Å². The number of hydrogen-bond acceptors (Lipinski definition) is 3. The van der Waals surface area contributed by atoms with Crippen molar-refractivity contribution < 1.29 is 29.7 Å². The number of hydrogen-bond donors (Lipinski definition) is 3. The van der Waals surface area contributed by atoms with Crippen LogP contribution in [0, 0.1) is 16.2 Å². The predicted molar refractivity (Wildman–Crippen MR) is 126 cm³/mol. The lowest BCUT2D eigenvalue weighted by Gasteiger charge is -2.26. The molecule has 178 valence electrons. The van der Waals surface area contributed by atoms with E-state index >= 15 is 0 Å². The third kappa shape index (κ3) is 6.91. The van der Waals surface area contributed by atoms with E-state index in [1.54, 1.807) is 34.6 Å². The standard InChI is InChI=1S/C27H34O6/c1-25(2,22(28)29)14-18-8-6-10-20(12-18)16-27(5,24(32)33)17-21-11-7-9-19(13-21)15-26(3,4)23(30)31/h6-13H,14-17H2,1-5H3,(H,28,29)(H,30,31)(H,32,33). The van der Waals surface area contributed by atoms with Gasteiger partial charge in [0.25, 0.3) is 0 Å². The Labute approximate surface area is 195 Å². The van der Waals surface area contributed by atoms with Gasteiger partial charge in [-0.1, -0.05) is 48.5 Å². The molecule has 6 nitrogen and oxygen atoms in total. The Balaban J connectivity index is 2.26. The van der Waals surface area contributed by atoms with Gasteiger partial charge in [-0.3, -0.25) is 14.4 Å². The summed E-state index contributed by atoms with van der Waals surface area (Å²) in [6.07, 6.45) is 1.27. The molecular weight excluding hydrogens is 420 g/mol. The fraction of sp³-hybridized carbons (Fsp3) is 0.444. The van der Waals surface area contributed by atoms with Crippen LogP contribution in [0.4, 0.5) is 0 Å². The average Bonchev–Trinajstić information content (AvgIpc) is 2.67. The van der Waals surface area contributed by atoms with Gasteiger partial charge in [-0.2, -0.15) is 0 Å². The number of benzene rings is 2. The van der Waals surface area contributed by atoms with Crippen molar-refractivity contribution in [3.8, 4) is 0 Å². The van der Waals surface area contributed by atoms with E-state index in [1.807, 2.05) is 48.5 Å². The molecular formula is C27H34O6. The minimum atomic E-state index is -1.08. The largest absolute Gasteiger partial charge is 0.481 e. The molecule has 0 atom stereocenters. The molecule has 6 heteroatoms. The third-order valence-corrected chi connectivity index (χ3v) is 6.14. The normalized spacial score (nSPS) is 12.4. The first-order chi connectivity index (χ1) is 15.1. The molecule has 0 spiro atoms. The highest BCUT2D eigenvalue weighted by atomic mass is 16.4. The summed E-state index contributed by atoms with van der Waals surface area (Å²) in [5.74, 6) is -2.68. The minimum Gasteiger partial charge on any atom is -0.481 e. The Bertz CT molecular complexity index is 961. The third-order valence-electron chi connectivity index (χ3n) is 6.14. The van der Waals surface area contributed by atoms with E-state index in [1.165, 1.54) is 0 Å². The van der Waals surface area contributed by atoms with Crippen molar-refractivity contribution in [1.82, 2.24) is 0 Å². The molecule has 2 aromatic rings. The van der Waals surface area contributed by atoms with Crippen LogP contribution in [0.2, 0.25) is 0 Å². The van der Waals surface area contributed by atoms with Gasteiger partial charge >= 0.3 is 17.9 Å². The van der Waals surface area contributed by atoms with E-state index in [4.69, 9.17) is 0 Å². The van der Waals surface area contributed by atoms with Gasteiger partial charge in [0.05, 0.1) is 16.2 Å². The molecule has 0 radical (unpaired) electrons. The molecule has 0 aliphatic rings. The molecule has 0 heterocycles. The number of carboxylic acids is 3. The zero-order chi connectivity index (χ0) is 25.0. The van der Waals surface area contributed by atoms with Crippen LogP contribution in [0.5, 0.6) is 0 Å². The van der Waals surface area contributed by atoms with E-state index in [0.29, 0.717) is 12.8 Å². The molecule has 0 bridgehead atoms. The van der Waals surface area contributed by atoms with Crippen molar-refractivity contribution in [2.75, 3.05) is 0 Å². The summed E-state index contributed by atoms with van der Waals surface area (Å²) in [6.45, 7) is 8.38. The Morgan fingerprint density at radius 1 is 0.576 bits per heavy atom. The van der Waals surface area contributed by atoms with E-state index < -0.39 is 34.2 Å². The first-order valence-corrected chi connectivity index (χ1v) is 11.0. The van der Waals surface area contributed by atoms with Gasteiger partial charge in [0.15, 0.2) is 0 Å². The summed E-state index contributed by atoms with van der Waals surface area (Å²) in [4.78, 5) is 35.2. The van der Waals surface area contributed by atoms with E-state index in [0.717, 1.165) is 22.3 Å². The first-order valence-electron chi connectivity index (χ1n) is 11.0. The Hall–Kier alpha value is -3.15. The maximum atomic E-state index is 12.3.